The van der Waals surface area contributed by atoms with Crippen molar-refractivity contribution in [1.82, 2.24) is 19.5 Å². The number of hydrogen-bond acceptors (Lipinski definition) is 8. The van der Waals surface area contributed by atoms with Crippen molar-refractivity contribution in [2.45, 2.75) is 31.0 Å². The summed E-state index contributed by atoms with van der Waals surface area (Å²) in [6.45, 7) is 1.10. The predicted molar refractivity (Wildman–Crippen MR) is 69.5 cm³/mol. The van der Waals surface area contributed by atoms with E-state index < -0.39 is 30.6 Å². The molecule has 1 aliphatic heterocycles. The maximum atomic E-state index is 10.2. The van der Waals surface area contributed by atoms with Gasteiger partial charge in [-0.25, -0.2) is 9.97 Å². The van der Waals surface area contributed by atoms with Crippen LogP contribution in [-0.4, -0.2) is 66.4 Å². The Kier molecular flexibility index (Phi) is 3.29. The Morgan fingerprint density at radius 1 is 1.38 bits per heavy atom. The van der Waals surface area contributed by atoms with E-state index in [1.165, 1.54) is 31.3 Å². The highest BCUT2D eigenvalue weighted by Gasteiger charge is 2.52. The lowest BCUT2D eigenvalue weighted by Gasteiger charge is -2.24. The molecule has 0 saturated carbocycles. The number of hydrogen-bond donors (Lipinski definition) is 3. The molecular weight excluding hydrogens is 280 g/mol. The first kappa shape index (κ1) is 14.1. The first-order valence-electron chi connectivity index (χ1n) is 6.38. The Bertz CT molecular complexity index is 662. The van der Waals surface area contributed by atoms with E-state index in [9.17, 15) is 15.3 Å². The highest BCUT2D eigenvalue weighted by molar-refractivity contribution is 5.76. The summed E-state index contributed by atoms with van der Waals surface area (Å²) in [4.78, 5) is 12.2. The van der Waals surface area contributed by atoms with Crippen LogP contribution < -0.4 is 4.74 Å². The van der Waals surface area contributed by atoms with Crippen LogP contribution in [0.2, 0.25) is 0 Å². The molecule has 21 heavy (non-hydrogen) atoms. The third kappa shape index (κ3) is 1.97. The van der Waals surface area contributed by atoms with Gasteiger partial charge in [0.2, 0.25) is 5.88 Å². The summed E-state index contributed by atoms with van der Waals surface area (Å²) < 4.78 is 12.2. The van der Waals surface area contributed by atoms with Gasteiger partial charge in [-0.15, -0.1) is 0 Å². The zero-order valence-corrected chi connectivity index (χ0v) is 11.5. The lowest BCUT2D eigenvalue weighted by Crippen LogP contribution is -2.43. The second-order valence-corrected chi connectivity index (χ2v) is 5.12. The molecule has 4 atom stereocenters. The van der Waals surface area contributed by atoms with Crippen molar-refractivity contribution in [3.05, 3.63) is 12.7 Å². The van der Waals surface area contributed by atoms with Gasteiger partial charge in [-0.1, -0.05) is 0 Å². The minimum atomic E-state index is -1.25. The summed E-state index contributed by atoms with van der Waals surface area (Å²) in [7, 11) is 1.47. The minimum Gasteiger partial charge on any atom is -0.479 e. The Labute approximate surface area is 119 Å². The summed E-state index contributed by atoms with van der Waals surface area (Å²) in [6, 6.07) is 0. The fourth-order valence-corrected chi connectivity index (χ4v) is 2.45. The van der Waals surface area contributed by atoms with Crippen LogP contribution in [0.1, 0.15) is 13.2 Å². The number of fused-ring (bicyclic) bond motifs is 1. The molecule has 0 aromatic carbocycles. The molecule has 2 aromatic rings. The van der Waals surface area contributed by atoms with E-state index >= 15 is 0 Å². The smallest absolute Gasteiger partial charge is 0.245 e. The SMILES string of the molecule is COc1ncnc2c1ncn2[C@@H]1O[C@](C)(CO)[C@@H](O)[C@H]1O. The third-order valence-electron chi connectivity index (χ3n) is 3.74. The van der Waals surface area contributed by atoms with Crippen LogP contribution in [0.15, 0.2) is 12.7 Å². The van der Waals surface area contributed by atoms with Gasteiger partial charge in [0.05, 0.1) is 20.0 Å². The zero-order chi connectivity index (χ0) is 15.2. The molecule has 114 valence electrons. The summed E-state index contributed by atoms with van der Waals surface area (Å²) in [5.41, 5.74) is -0.430. The molecule has 0 unspecified atom stereocenters. The van der Waals surface area contributed by atoms with Gasteiger partial charge < -0.3 is 24.8 Å². The molecule has 3 N–H and O–H groups in total. The summed E-state index contributed by atoms with van der Waals surface area (Å²) in [6.07, 6.45) is -0.635. The van der Waals surface area contributed by atoms with Gasteiger partial charge >= 0.3 is 0 Å². The lowest BCUT2D eigenvalue weighted by molar-refractivity contribution is -0.115. The van der Waals surface area contributed by atoms with Gasteiger partial charge in [0.1, 0.15) is 24.1 Å². The number of aliphatic hydroxyl groups is 3. The maximum absolute atomic E-state index is 10.2. The van der Waals surface area contributed by atoms with Crippen molar-refractivity contribution in [3.8, 4) is 5.88 Å². The second-order valence-electron chi connectivity index (χ2n) is 5.12. The monoisotopic (exact) mass is 296 g/mol. The molecule has 9 nitrogen and oxygen atoms in total. The fraction of sp³-hybridized carbons (Fsp3) is 0.583. The summed E-state index contributed by atoms with van der Waals surface area (Å²) in [5.74, 6) is 0.303. The Morgan fingerprint density at radius 3 is 2.76 bits per heavy atom. The van der Waals surface area contributed by atoms with Crippen LogP contribution in [0.25, 0.3) is 11.2 Å². The van der Waals surface area contributed by atoms with Crippen LogP contribution in [0.3, 0.4) is 0 Å². The molecular formula is C12H16N4O5. The van der Waals surface area contributed by atoms with Crippen molar-refractivity contribution in [2.75, 3.05) is 13.7 Å². The summed E-state index contributed by atoms with van der Waals surface area (Å²) in [5, 5.41) is 29.6. The highest BCUT2D eigenvalue weighted by atomic mass is 16.6. The van der Waals surface area contributed by atoms with E-state index in [-0.39, 0.29) is 0 Å². The van der Waals surface area contributed by atoms with E-state index in [1.54, 1.807) is 0 Å². The van der Waals surface area contributed by atoms with Crippen LogP contribution >= 0.6 is 0 Å². The molecule has 3 heterocycles. The molecule has 0 radical (unpaired) electrons. The predicted octanol–water partition coefficient (Wildman–Crippen LogP) is -1.16. The van der Waals surface area contributed by atoms with Crippen molar-refractivity contribution >= 4 is 11.2 Å². The number of ether oxygens (including phenoxy) is 2. The molecule has 3 rings (SSSR count). The number of nitrogens with zero attached hydrogens (tertiary/aromatic N) is 4. The third-order valence-corrected chi connectivity index (χ3v) is 3.74. The van der Waals surface area contributed by atoms with E-state index in [0.29, 0.717) is 17.0 Å². The quantitative estimate of drug-likeness (QED) is 0.648. The van der Waals surface area contributed by atoms with Crippen molar-refractivity contribution in [2.24, 2.45) is 0 Å². The van der Waals surface area contributed by atoms with E-state index in [1.807, 2.05) is 0 Å². The largest absolute Gasteiger partial charge is 0.479 e. The van der Waals surface area contributed by atoms with Gasteiger partial charge in [0, 0.05) is 0 Å². The highest BCUT2D eigenvalue weighted by Crippen LogP contribution is 2.38. The van der Waals surface area contributed by atoms with Gasteiger partial charge in [0.25, 0.3) is 0 Å². The average Bonchev–Trinajstić information content (AvgIpc) is 3.02. The molecule has 0 aliphatic carbocycles. The number of imidazole rings is 1. The van der Waals surface area contributed by atoms with E-state index in [0.717, 1.165) is 0 Å². The lowest BCUT2D eigenvalue weighted by atomic mass is 9.99. The molecule has 1 aliphatic rings. The van der Waals surface area contributed by atoms with E-state index in [4.69, 9.17) is 9.47 Å². The summed E-state index contributed by atoms with van der Waals surface area (Å²) >= 11 is 0. The molecule has 0 spiro atoms. The van der Waals surface area contributed by atoms with Crippen molar-refractivity contribution in [3.63, 3.8) is 0 Å². The Hall–Kier alpha value is -1.81. The molecule has 2 aromatic heterocycles. The van der Waals surface area contributed by atoms with Gasteiger partial charge in [-0.2, -0.15) is 4.98 Å². The van der Waals surface area contributed by atoms with Crippen molar-refractivity contribution < 1.29 is 24.8 Å². The zero-order valence-electron chi connectivity index (χ0n) is 11.5. The molecule has 1 fully saturated rings. The number of methoxy groups -OCH3 is 1. The fourth-order valence-electron chi connectivity index (χ4n) is 2.45. The second kappa shape index (κ2) is 4.88. The van der Waals surface area contributed by atoms with Gasteiger partial charge in [-0.05, 0) is 6.92 Å². The molecule has 0 amide bonds. The molecule has 9 heteroatoms. The normalized spacial score (nSPS) is 32.7. The van der Waals surface area contributed by atoms with Gasteiger partial charge in [0.15, 0.2) is 17.4 Å². The van der Waals surface area contributed by atoms with Crippen LogP contribution in [-0.2, 0) is 4.74 Å². The van der Waals surface area contributed by atoms with Crippen LogP contribution in [0.5, 0.6) is 5.88 Å². The van der Waals surface area contributed by atoms with Crippen LogP contribution in [0, 0.1) is 0 Å². The first-order chi connectivity index (χ1) is 10.0. The van der Waals surface area contributed by atoms with Crippen LogP contribution in [0.4, 0.5) is 0 Å². The van der Waals surface area contributed by atoms with E-state index in [2.05, 4.69) is 15.0 Å². The molecule has 1 saturated heterocycles. The average molecular weight is 296 g/mol. The van der Waals surface area contributed by atoms with Gasteiger partial charge in [-0.3, -0.25) is 4.57 Å². The van der Waals surface area contributed by atoms with Crippen molar-refractivity contribution in [1.29, 1.82) is 0 Å². The Balaban J connectivity index is 2.06. The molecule has 0 bridgehead atoms. The topological polar surface area (TPSA) is 123 Å². The minimum absolute atomic E-state index is 0.303. The number of aromatic nitrogens is 4. The standard InChI is InChI=1S/C12H16N4O5/c1-12(3-17)8(19)7(18)11(21-12)16-5-15-6-9(16)13-4-14-10(6)20-2/h4-5,7-8,11,17-19H,3H2,1-2H3/t7-,8+,11-,12-/m1/s1. The Morgan fingerprint density at radius 2 is 2.14 bits per heavy atom. The maximum Gasteiger partial charge on any atom is 0.245 e. The first-order valence-corrected chi connectivity index (χ1v) is 6.38. The number of aliphatic hydroxyl groups excluding tert-OH is 3. The number of rotatable bonds is 3.